The number of ether oxygens (including phenoxy) is 1. The fourth-order valence-corrected chi connectivity index (χ4v) is 2.98. The molecule has 1 saturated heterocycles. The van der Waals surface area contributed by atoms with Crippen LogP contribution < -0.4 is 9.64 Å². The molecular formula is C14H16N2O3. The molecule has 1 aromatic carbocycles. The molecule has 1 atom stereocenters. The SMILES string of the molecule is COc1cccc2c1N(C(C)=O)CN1C(=O)CCC21. The van der Waals surface area contributed by atoms with Gasteiger partial charge in [-0.1, -0.05) is 12.1 Å². The van der Waals surface area contributed by atoms with E-state index in [9.17, 15) is 9.59 Å². The lowest BCUT2D eigenvalue weighted by molar-refractivity contribution is -0.129. The summed E-state index contributed by atoms with van der Waals surface area (Å²) < 4.78 is 5.37. The van der Waals surface area contributed by atoms with Crippen LogP contribution in [0.2, 0.25) is 0 Å². The van der Waals surface area contributed by atoms with E-state index in [1.165, 1.54) is 6.92 Å². The maximum atomic E-state index is 11.9. The fraction of sp³-hybridized carbons (Fsp3) is 0.429. The highest BCUT2D eigenvalue weighted by molar-refractivity contribution is 5.96. The summed E-state index contributed by atoms with van der Waals surface area (Å²) in [6, 6.07) is 5.81. The van der Waals surface area contributed by atoms with Crippen LogP contribution in [0.3, 0.4) is 0 Å². The van der Waals surface area contributed by atoms with Crippen molar-refractivity contribution in [3.63, 3.8) is 0 Å². The number of fused-ring (bicyclic) bond motifs is 3. The summed E-state index contributed by atoms with van der Waals surface area (Å²) in [7, 11) is 1.60. The second-order valence-corrected chi connectivity index (χ2v) is 4.90. The lowest BCUT2D eigenvalue weighted by atomic mass is 9.99. The third-order valence-electron chi connectivity index (χ3n) is 3.88. The van der Waals surface area contributed by atoms with E-state index in [1.807, 2.05) is 18.2 Å². The summed E-state index contributed by atoms with van der Waals surface area (Å²) in [5.41, 5.74) is 1.82. The molecule has 0 saturated carbocycles. The minimum atomic E-state index is -0.0797. The Kier molecular flexibility index (Phi) is 2.69. The summed E-state index contributed by atoms with van der Waals surface area (Å²) in [4.78, 5) is 27.2. The van der Waals surface area contributed by atoms with Crippen LogP contribution in [0, 0.1) is 0 Å². The number of nitrogens with zero attached hydrogens (tertiary/aromatic N) is 2. The summed E-state index contributed by atoms with van der Waals surface area (Å²) in [5.74, 6) is 0.723. The van der Waals surface area contributed by atoms with E-state index >= 15 is 0 Å². The van der Waals surface area contributed by atoms with Gasteiger partial charge in [0.1, 0.15) is 12.4 Å². The number of hydrogen-bond donors (Lipinski definition) is 0. The lowest BCUT2D eigenvalue weighted by Crippen LogP contribution is -2.46. The third kappa shape index (κ3) is 1.69. The highest BCUT2D eigenvalue weighted by Crippen LogP contribution is 2.46. The second kappa shape index (κ2) is 4.26. The molecule has 1 aromatic rings. The zero-order valence-electron chi connectivity index (χ0n) is 11.0. The Hall–Kier alpha value is -2.04. The van der Waals surface area contributed by atoms with Crippen LogP contribution in [0.15, 0.2) is 18.2 Å². The average molecular weight is 260 g/mol. The summed E-state index contributed by atoms with van der Waals surface area (Å²) >= 11 is 0. The van der Waals surface area contributed by atoms with Crippen LogP contribution in [0.1, 0.15) is 31.4 Å². The van der Waals surface area contributed by atoms with Gasteiger partial charge in [0, 0.05) is 18.9 Å². The van der Waals surface area contributed by atoms with Crippen LogP contribution in [-0.4, -0.2) is 30.5 Å². The topological polar surface area (TPSA) is 49.9 Å². The van der Waals surface area contributed by atoms with Crippen LogP contribution >= 0.6 is 0 Å². The Bertz CT molecular complexity index is 556. The van der Waals surface area contributed by atoms with E-state index in [0.29, 0.717) is 18.8 Å². The summed E-state index contributed by atoms with van der Waals surface area (Å²) in [6.45, 7) is 1.84. The van der Waals surface area contributed by atoms with Crippen molar-refractivity contribution in [2.24, 2.45) is 0 Å². The molecule has 1 unspecified atom stereocenters. The van der Waals surface area contributed by atoms with Crippen molar-refractivity contribution in [3.8, 4) is 5.75 Å². The van der Waals surface area contributed by atoms with Crippen LogP contribution in [0.25, 0.3) is 0 Å². The number of carbonyl (C=O) groups is 2. The average Bonchev–Trinajstić information content (AvgIpc) is 2.79. The molecule has 2 heterocycles. The van der Waals surface area contributed by atoms with E-state index in [-0.39, 0.29) is 17.9 Å². The molecule has 2 amide bonds. The van der Waals surface area contributed by atoms with Crippen LogP contribution in [0.4, 0.5) is 5.69 Å². The Morgan fingerprint density at radius 1 is 1.42 bits per heavy atom. The molecular weight excluding hydrogens is 244 g/mol. The molecule has 5 heteroatoms. The van der Waals surface area contributed by atoms with E-state index in [2.05, 4.69) is 0 Å². The van der Waals surface area contributed by atoms with Crippen molar-refractivity contribution < 1.29 is 14.3 Å². The van der Waals surface area contributed by atoms with Gasteiger partial charge in [-0.15, -0.1) is 0 Å². The number of rotatable bonds is 1. The van der Waals surface area contributed by atoms with Gasteiger partial charge < -0.3 is 9.64 Å². The first-order chi connectivity index (χ1) is 9.13. The zero-order valence-corrected chi connectivity index (χ0v) is 11.0. The van der Waals surface area contributed by atoms with Gasteiger partial charge in [-0.25, -0.2) is 0 Å². The standard InChI is InChI=1S/C14H16N2O3/c1-9(17)15-8-16-11(6-7-13(16)18)10-4-3-5-12(19-2)14(10)15/h3-5,11H,6-8H2,1-2H3. The number of carbonyl (C=O) groups excluding carboxylic acids is 2. The number of methoxy groups -OCH3 is 1. The fourth-order valence-electron chi connectivity index (χ4n) is 2.98. The molecule has 0 N–H and O–H groups in total. The molecule has 0 radical (unpaired) electrons. The van der Waals surface area contributed by atoms with E-state index < -0.39 is 0 Å². The van der Waals surface area contributed by atoms with E-state index in [1.54, 1.807) is 16.9 Å². The minimum absolute atomic E-state index is 0.0770. The summed E-state index contributed by atoms with van der Waals surface area (Å²) in [5, 5.41) is 0. The van der Waals surface area contributed by atoms with Crippen molar-refractivity contribution in [1.29, 1.82) is 0 Å². The number of anilines is 1. The molecule has 0 aromatic heterocycles. The van der Waals surface area contributed by atoms with Gasteiger partial charge in [-0.2, -0.15) is 0 Å². The maximum absolute atomic E-state index is 11.9. The highest BCUT2D eigenvalue weighted by atomic mass is 16.5. The minimum Gasteiger partial charge on any atom is -0.495 e. The maximum Gasteiger partial charge on any atom is 0.225 e. The lowest BCUT2D eigenvalue weighted by Gasteiger charge is -2.39. The molecule has 1 fully saturated rings. The third-order valence-corrected chi connectivity index (χ3v) is 3.88. The first kappa shape index (κ1) is 12.0. The molecule has 5 nitrogen and oxygen atoms in total. The first-order valence-corrected chi connectivity index (χ1v) is 6.38. The highest BCUT2D eigenvalue weighted by Gasteiger charge is 2.41. The zero-order chi connectivity index (χ0) is 13.6. The Balaban J connectivity index is 2.17. The van der Waals surface area contributed by atoms with E-state index in [0.717, 1.165) is 17.7 Å². The molecule has 3 rings (SSSR count). The van der Waals surface area contributed by atoms with Gasteiger partial charge >= 0.3 is 0 Å². The Morgan fingerprint density at radius 3 is 2.89 bits per heavy atom. The molecule has 19 heavy (non-hydrogen) atoms. The monoisotopic (exact) mass is 260 g/mol. The largest absolute Gasteiger partial charge is 0.495 e. The smallest absolute Gasteiger partial charge is 0.225 e. The van der Waals surface area contributed by atoms with Crippen molar-refractivity contribution in [2.45, 2.75) is 25.8 Å². The van der Waals surface area contributed by atoms with Gasteiger partial charge in [0.05, 0.1) is 18.8 Å². The normalized spacial score (nSPS) is 21.2. The Morgan fingerprint density at radius 2 is 2.21 bits per heavy atom. The Labute approximate surface area is 111 Å². The quantitative estimate of drug-likeness (QED) is 0.772. The van der Waals surface area contributed by atoms with Gasteiger partial charge in [-0.05, 0) is 12.5 Å². The number of hydrogen-bond acceptors (Lipinski definition) is 3. The van der Waals surface area contributed by atoms with Gasteiger partial charge in [-0.3, -0.25) is 14.5 Å². The summed E-state index contributed by atoms with van der Waals surface area (Å²) in [6.07, 6.45) is 1.36. The molecule has 2 aliphatic heterocycles. The number of para-hydroxylation sites is 1. The molecule has 0 bridgehead atoms. The van der Waals surface area contributed by atoms with Crippen LogP contribution in [-0.2, 0) is 9.59 Å². The van der Waals surface area contributed by atoms with Crippen molar-refractivity contribution in [1.82, 2.24) is 4.90 Å². The molecule has 100 valence electrons. The van der Waals surface area contributed by atoms with Crippen molar-refractivity contribution in [2.75, 3.05) is 18.7 Å². The predicted molar refractivity (Wildman–Crippen MR) is 69.8 cm³/mol. The molecule has 2 aliphatic rings. The van der Waals surface area contributed by atoms with Crippen LogP contribution in [0.5, 0.6) is 5.75 Å². The van der Waals surface area contributed by atoms with Gasteiger partial charge in [0.2, 0.25) is 11.8 Å². The predicted octanol–water partition coefficient (Wildman–Crippen LogP) is 1.68. The number of benzene rings is 1. The molecule has 0 aliphatic carbocycles. The van der Waals surface area contributed by atoms with Gasteiger partial charge in [0.15, 0.2) is 0 Å². The van der Waals surface area contributed by atoms with Crippen molar-refractivity contribution >= 4 is 17.5 Å². The molecule has 0 spiro atoms. The second-order valence-electron chi connectivity index (χ2n) is 4.90. The first-order valence-electron chi connectivity index (χ1n) is 6.38. The van der Waals surface area contributed by atoms with Gasteiger partial charge in [0.25, 0.3) is 0 Å². The van der Waals surface area contributed by atoms with Crippen molar-refractivity contribution in [3.05, 3.63) is 23.8 Å². The number of amides is 2. The van der Waals surface area contributed by atoms with E-state index in [4.69, 9.17) is 4.74 Å².